The highest BCUT2D eigenvalue weighted by molar-refractivity contribution is 6.29. The van der Waals surface area contributed by atoms with E-state index in [2.05, 4.69) is 359 Å². The first-order valence-corrected chi connectivity index (χ1v) is 30.4. The highest BCUT2D eigenvalue weighted by atomic mass is 16.3. The summed E-state index contributed by atoms with van der Waals surface area (Å²) in [5, 5.41) is 6.35. The molecule has 3 aromatic heterocycles. The van der Waals surface area contributed by atoms with Crippen LogP contribution in [0.15, 0.2) is 344 Å². The number of aromatic nitrogens is 2. The monoisotopic (exact) mass is 1140 g/mol. The zero-order chi connectivity index (χ0) is 58.8. The largest absolute Gasteiger partial charge is 0.455 e. The molecule has 0 fully saturated rings. The molecule has 0 unspecified atom stereocenters. The zero-order valence-corrected chi connectivity index (χ0v) is 48.5. The Morgan fingerprint density at radius 3 is 0.764 bits per heavy atom. The van der Waals surface area contributed by atoms with E-state index in [1.54, 1.807) is 0 Å². The Morgan fingerprint density at radius 1 is 0.202 bits per heavy atom. The third-order valence-corrected chi connectivity index (χ3v) is 17.6. The Bertz CT molecular complexity index is 4920. The fourth-order valence-electron chi connectivity index (χ4n) is 13.6. The summed E-state index contributed by atoms with van der Waals surface area (Å²) in [6.07, 6.45) is 0. The summed E-state index contributed by atoms with van der Waals surface area (Å²) in [6, 6.07) is 123. The number of para-hydroxylation sites is 4. The third-order valence-electron chi connectivity index (χ3n) is 17.6. The zero-order valence-electron chi connectivity index (χ0n) is 48.5. The summed E-state index contributed by atoms with van der Waals surface area (Å²) in [5.41, 5.74) is 23.6. The van der Waals surface area contributed by atoms with Crippen molar-refractivity contribution in [1.82, 2.24) is 9.13 Å². The summed E-state index contributed by atoms with van der Waals surface area (Å²) >= 11 is 0. The summed E-state index contributed by atoms with van der Waals surface area (Å²) < 4.78 is 12.8. The summed E-state index contributed by atoms with van der Waals surface area (Å²) in [6.45, 7) is 0. The smallest absolute Gasteiger partial charge is 0.145 e. The second-order valence-electron chi connectivity index (χ2n) is 22.9. The number of benzene rings is 14. The van der Waals surface area contributed by atoms with Gasteiger partial charge in [0, 0.05) is 67.0 Å². The fourth-order valence-corrected chi connectivity index (χ4v) is 13.6. The maximum Gasteiger partial charge on any atom is 0.145 e. The van der Waals surface area contributed by atoms with Crippen molar-refractivity contribution in [2.24, 2.45) is 0 Å². The lowest BCUT2D eigenvalue weighted by Crippen LogP contribution is -2.09. The van der Waals surface area contributed by atoms with Gasteiger partial charge < -0.3 is 23.4 Å². The maximum absolute atomic E-state index is 7.85. The van der Waals surface area contributed by atoms with Gasteiger partial charge in [-0.1, -0.05) is 194 Å². The van der Waals surface area contributed by atoms with Gasteiger partial charge in [0.2, 0.25) is 0 Å². The molecule has 14 aromatic carbocycles. The predicted octanol–water partition coefficient (Wildman–Crippen LogP) is 23.4. The van der Waals surface area contributed by atoms with Gasteiger partial charge in [0.25, 0.3) is 0 Å². The van der Waals surface area contributed by atoms with Crippen LogP contribution in [-0.2, 0) is 0 Å². The average molecular weight is 1140 g/mol. The van der Waals surface area contributed by atoms with Crippen molar-refractivity contribution < 1.29 is 4.42 Å². The summed E-state index contributed by atoms with van der Waals surface area (Å²) in [7, 11) is 0. The first kappa shape index (κ1) is 51.5. The molecule has 0 spiro atoms. The molecule has 17 rings (SSSR count). The van der Waals surface area contributed by atoms with Crippen molar-refractivity contribution in [1.29, 1.82) is 0 Å². The topological polar surface area (TPSA) is 29.5 Å². The Labute approximate surface area is 515 Å². The lowest BCUT2D eigenvalue weighted by molar-refractivity contribution is 0.677. The van der Waals surface area contributed by atoms with E-state index < -0.39 is 0 Å². The number of anilines is 6. The minimum Gasteiger partial charge on any atom is -0.455 e. The van der Waals surface area contributed by atoms with Gasteiger partial charge in [0.05, 0.1) is 32.8 Å². The number of hydrogen-bond acceptors (Lipinski definition) is 3. The highest BCUT2D eigenvalue weighted by Crippen LogP contribution is 2.49. The first-order chi connectivity index (χ1) is 44.1. The molecule has 0 saturated heterocycles. The van der Waals surface area contributed by atoms with Crippen LogP contribution in [0, 0.1) is 0 Å². The second kappa shape index (κ2) is 21.5. The van der Waals surface area contributed by atoms with E-state index in [1.807, 2.05) is 0 Å². The molecule has 0 bridgehead atoms. The molecule has 3 heterocycles. The van der Waals surface area contributed by atoms with Crippen LogP contribution in [0.3, 0.4) is 0 Å². The minimum absolute atomic E-state index is 0.837. The number of nitrogens with zero attached hydrogens (tertiary/aromatic N) is 4. The van der Waals surface area contributed by atoms with Crippen LogP contribution in [0.1, 0.15) is 0 Å². The number of hydrogen-bond donors (Lipinski definition) is 0. The SMILES string of the molecule is c1ccc(-c2cc(-c3ccccc3)cc(-n3c4ccc(N(c5ccccc5)c5ccccc5)cc4c4c5oc6c(ccc7c6c6cc(N(c8ccccc8)c8ccccc8)ccc6n7-c6cc(-c7ccccc7)cc(-c7ccccc7)c6)c5ccc43)c2)cc1. The van der Waals surface area contributed by atoms with Gasteiger partial charge in [-0.3, -0.25) is 0 Å². The lowest BCUT2D eigenvalue weighted by atomic mass is 9.98. The van der Waals surface area contributed by atoms with Crippen molar-refractivity contribution in [2.75, 3.05) is 9.80 Å². The molecular weight excluding hydrogens is 1080 g/mol. The van der Waals surface area contributed by atoms with E-state index in [9.17, 15) is 0 Å². The van der Waals surface area contributed by atoms with Crippen LogP contribution in [0.4, 0.5) is 34.1 Å². The Hall–Kier alpha value is -11.9. The molecule has 0 amide bonds. The van der Waals surface area contributed by atoms with Gasteiger partial charge >= 0.3 is 0 Å². The van der Waals surface area contributed by atoms with Crippen LogP contribution in [0.25, 0.3) is 121 Å². The Morgan fingerprint density at radius 2 is 0.472 bits per heavy atom. The highest BCUT2D eigenvalue weighted by Gasteiger charge is 2.26. The molecule has 89 heavy (non-hydrogen) atoms. The van der Waals surface area contributed by atoms with E-state index in [-0.39, 0.29) is 0 Å². The Kier molecular flexibility index (Phi) is 12.5. The fraction of sp³-hybridized carbons (Fsp3) is 0. The van der Waals surface area contributed by atoms with Crippen LogP contribution in [-0.4, -0.2) is 9.13 Å². The van der Waals surface area contributed by atoms with Gasteiger partial charge in [-0.2, -0.15) is 0 Å². The van der Waals surface area contributed by atoms with Crippen molar-refractivity contribution in [2.45, 2.75) is 0 Å². The van der Waals surface area contributed by atoms with Crippen LogP contribution < -0.4 is 9.80 Å². The molecule has 5 heteroatoms. The third kappa shape index (κ3) is 8.94. The van der Waals surface area contributed by atoms with Crippen LogP contribution in [0.2, 0.25) is 0 Å². The predicted molar refractivity (Wildman–Crippen MR) is 374 cm³/mol. The average Bonchev–Trinajstić information content (AvgIpc) is 1.67. The molecule has 0 atom stereocenters. The van der Waals surface area contributed by atoms with E-state index in [0.29, 0.717) is 0 Å². The standard InChI is InChI=1S/C84H56N4O/c1-9-25-57(26-10-1)61-49-62(58-27-11-2-12-28-58)52-71(51-61)87-77-45-41-69(85(65-33-17-5-18-34-65)66-35-19-6-20-36-66)55-75(77)81-79(87)47-43-73-74-44-48-80-82(84(74)89-83(73)81)76-56-70(86(67-37-21-7-22-38-67)68-39-23-8-24-40-68)42-46-78(76)88(80)72-53-63(59-29-13-3-14-30-59)50-64(54-72)60-31-15-4-16-32-60/h1-56H. The molecule has 0 N–H and O–H groups in total. The maximum atomic E-state index is 7.85. The molecule has 0 aliphatic heterocycles. The van der Waals surface area contributed by atoms with Gasteiger partial charge in [0.15, 0.2) is 0 Å². The van der Waals surface area contributed by atoms with Gasteiger partial charge in [-0.25, -0.2) is 0 Å². The van der Waals surface area contributed by atoms with Crippen LogP contribution in [0.5, 0.6) is 0 Å². The van der Waals surface area contributed by atoms with Gasteiger partial charge in [0.1, 0.15) is 11.2 Å². The normalized spacial score (nSPS) is 11.6. The van der Waals surface area contributed by atoms with E-state index in [0.717, 1.165) is 156 Å². The second-order valence-corrected chi connectivity index (χ2v) is 22.9. The molecule has 0 aliphatic rings. The quantitative estimate of drug-likeness (QED) is 0.122. The number of rotatable bonds is 12. The molecule has 17 aromatic rings. The Balaban J connectivity index is 0.980. The molecule has 0 radical (unpaired) electrons. The number of fused-ring (bicyclic) bond motifs is 11. The van der Waals surface area contributed by atoms with E-state index in [1.165, 1.54) is 0 Å². The van der Waals surface area contributed by atoms with E-state index >= 15 is 0 Å². The molecular formula is C84H56N4O. The first-order valence-electron chi connectivity index (χ1n) is 30.4. The van der Waals surface area contributed by atoms with Crippen molar-refractivity contribution >= 4 is 99.7 Å². The molecule has 0 aliphatic carbocycles. The van der Waals surface area contributed by atoms with Gasteiger partial charge in [-0.15, -0.1) is 0 Å². The van der Waals surface area contributed by atoms with Crippen molar-refractivity contribution in [3.8, 4) is 55.9 Å². The van der Waals surface area contributed by atoms with E-state index in [4.69, 9.17) is 4.42 Å². The minimum atomic E-state index is 0.837. The van der Waals surface area contributed by atoms with Gasteiger partial charge in [-0.05, 0) is 190 Å². The molecule has 5 nitrogen and oxygen atoms in total. The summed E-state index contributed by atoms with van der Waals surface area (Å²) in [4.78, 5) is 4.70. The van der Waals surface area contributed by atoms with Crippen molar-refractivity contribution in [3.05, 3.63) is 340 Å². The molecule has 0 saturated carbocycles. The summed E-state index contributed by atoms with van der Waals surface area (Å²) in [5.74, 6) is 0. The van der Waals surface area contributed by atoms with Crippen LogP contribution >= 0.6 is 0 Å². The number of furan rings is 1. The molecule has 418 valence electrons. The van der Waals surface area contributed by atoms with Crippen molar-refractivity contribution in [3.63, 3.8) is 0 Å². The lowest BCUT2D eigenvalue weighted by Gasteiger charge is -2.25.